The Balaban J connectivity index is 2.17. The van der Waals surface area contributed by atoms with Gasteiger partial charge in [0.2, 0.25) is 5.91 Å². The summed E-state index contributed by atoms with van der Waals surface area (Å²) in [6, 6.07) is 6.37. The van der Waals surface area contributed by atoms with Crippen LogP contribution in [0.2, 0.25) is 0 Å². The zero-order valence-electron chi connectivity index (χ0n) is 12.2. The molecule has 0 fully saturated rings. The van der Waals surface area contributed by atoms with Gasteiger partial charge in [-0.05, 0) is 25.1 Å². The van der Waals surface area contributed by atoms with Crippen molar-refractivity contribution in [2.45, 2.75) is 18.7 Å². The number of para-hydroxylation sites is 1. The number of rotatable bonds is 5. The van der Waals surface area contributed by atoms with Crippen molar-refractivity contribution in [1.29, 1.82) is 0 Å². The Hall–Kier alpha value is -1.99. The zero-order valence-corrected chi connectivity index (χ0v) is 13.9. The number of aryl methyl sites for hydroxylation is 1. The number of thiazole rings is 1. The fourth-order valence-electron chi connectivity index (χ4n) is 1.79. The third-order valence-corrected chi connectivity index (χ3v) is 5.48. The van der Waals surface area contributed by atoms with Crippen molar-refractivity contribution in [2.75, 3.05) is 11.1 Å². The second-order valence-corrected chi connectivity index (χ2v) is 7.82. The van der Waals surface area contributed by atoms with Crippen LogP contribution >= 0.6 is 11.3 Å². The van der Waals surface area contributed by atoms with Gasteiger partial charge in [0.15, 0.2) is 9.84 Å². The minimum atomic E-state index is -3.39. The highest BCUT2D eigenvalue weighted by atomic mass is 32.2. The quantitative estimate of drug-likeness (QED) is 0.852. The maximum Gasteiger partial charge on any atom is 0.248 e. The van der Waals surface area contributed by atoms with Crippen LogP contribution in [-0.4, -0.2) is 25.1 Å². The Kier molecular flexibility index (Phi) is 5.10. The zero-order chi connectivity index (χ0) is 16.2. The number of benzene rings is 1. The summed E-state index contributed by atoms with van der Waals surface area (Å²) in [5, 5.41) is 5.36. The van der Waals surface area contributed by atoms with E-state index in [1.165, 1.54) is 23.5 Å². The van der Waals surface area contributed by atoms with Gasteiger partial charge >= 0.3 is 0 Å². The molecule has 1 N–H and O–H groups in total. The van der Waals surface area contributed by atoms with Gasteiger partial charge in [-0.3, -0.25) is 4.79 Å². The second kappa shape index (κ2) is 6.85. The van der Waals surface area contributed by atoms with E-state index >= 15 is 0 Å². The number of hydrogen-bond acceptors (Lipinski definition) is 5. The van der Waals surface area contributed by atoms with Gasteiger partial charge in [0.1, 0.15) is 0 Å². The van der Waals surface area contributed by atoms with Gasteiger partial charge < -0.3 is 5.32 Å². The first-order valence-electron chi connectivity index (χ1n) is 6.65. The molecule has 1 heterocycles. The maximum absolute atomic E-state index is 12.0. The first-order chi connectivity index (χ1) is 10.4. The summed E-state index contributed by atoms with van der Waals surface area (Å²) >= 11 is 1.50. The molecule has 0 aliphatic rings. The molecule has 0 spiro atoms. The Morgan fingerprint density at radius 2 is 2.09 bits per heavy atom. The highest BCUT2D eigenvalue weighted by molar-refractivity contribution is 7.91. The molecule has 0 aliphatic carbocycles. The number of nitrogens with one attached hydrogen (secondary N) is 1. The molecule has 5 nitrogen and oxygen atoms in total. The van der Waals surface area contributed by atoms with Crippen molar-refractivity contribution < 1.29 is 13.2 Å². The van der Waals surface area contributed by atoms with Crippen LogP contribution < -0.4 is 5.32 Å². The minimum absolute atomic E-state index is 0.0200. The number of carbonyl (C=O) groups is 1. The number of aromatic nitrogens is 1. The van der Waals surface area contributed by atoms with Crippen LogP contribution in [0.3, 0.4) is 0 Å². The molecule has 22 heavy (non-hydrogen) atoms. The Morgan fingerprint density at radius 3 is 2.73 bits per heavy atom. The SMILES string of the molecule is CCS(=O)(=O)c1ccccc1NC(=O)/C=C/c1csc(C)n1. The number of amides is 1. The van der Waals surface area contributed by atoms with E-state index in [-0.39, 0.29) is 16.3 Å². The van der Waals surface area contributed by atoms with Gasteiger partial charge in [-0.1, -0.05) is 19.1 Å². The average molecular weight is 336 g/mol. The van der Waals surface area contributed by atoms with Crippen LogP contribution in [0.25, 0.3) is 6.08 Å². The molecule has 0 radical (unpaired) electrons. The molecule has 0 bridgehead atoms. The number of nitrogens with zero attached hydrogens (tertiary/aromatic N) is 1. The predicted molar refractivity (Wildman–Crippen MR) is 88.7 cm³/mol. The molecule has 1 amide bonds. The molecule has 1 aromatic carbocycles. The Bertz CT molecular complexity index is 808. The topological polar surface area (TPSA) is 76.1 Å². The molecule has 2 rings (SSSR count). The standard InChI is InChI=1S/C15H16N2O3S2/c1-3-22(19,20)14-7-5-4-6-13(14)17-15(18)9-8-12-10-21-11(2)16-12/h4-10H,3H2,1-2H3,(H,17,18)/b9-8+. The molecule has 7 heteroatoms. The van der Waals surface area contributed by atoms with E-state index < -0.39 is 15.7 Å². The van der Waals surface area contributed by atoms with E-state index in [1.54, 1.807) is 31.2 Å². The molecule has 0 unspecified atom stereocenters. The summed E-state index contributed by atoms with van der Waals surface area (Å²) in [4.78, 5) is 16.3. The molecule has 0 aliphatic heterocycles. The molecule has 0 saturated heterocycles. The van der Waals surface area contributed by atoms with E-state index in [4.69, 9.17) is 0 Å². The van der Waals surface area contributed by atoms with Crippen LogP contribution in [0, 0.1) is 6.92 Å². The Morgan fingerprint density at radius 1 is 1.36 bits per heavy atom. The maximum atomic E-state index is 12.0. The lowest BCUT2D eigenvalue weighted by Gasteiger charge is -2.09. The van der Waals surface area contributed by atoms with Crippen LogP contribution in [0.15, 0.2) is 40.6 Å². The minimum Gasteiger partial charge on any atom is -0.321 e. The average Bonchev–Trinajstić information content (AvgIpc) is 2.91. The number of carbonyl (C=O) groups excluding carboxylic acids is 1. The number of hydrogen-bond donors (Lipinski definition) is 1. The van der Waals surface area contributed by atoms with E-state index in [0.29, 0.717) is 5.69 Å². The smallest absolute Gasteiger partial charge is 0.248 e. The predicted octanol–water partition coefficient (Wildman–Crippen LogP) is 2.90. The lowest BCUT2D eigenvalue weighted by Crippen LogP contribution is -2.13. The van der Waals surface area contributed by atoms with Crippen molar-refractivity contribution in [3.05, 3.63) is 46.4 Å². The van der Waals surface area contributed by atoms with Crippen LogP contribution in [0.5, 0.6) is 0 Å². The molecular formula is C15H16N2O3S2. The van der Waals surface area contributed by atoms with Crippen LogP contribution in [0.1, 0.15) is 17.6 Å². The van der Waals surface area contributed by atoms with Gasteiger partial charge in [0, 0.05) is 11.5 Å². The normalized spacial score (nSPS) is 11.7. The third kappa shape index (κ3) is 4.02. The first kappa shape index (κ1) is 16.4. The van der Waals surface area contributed by atoms with Crippen molar-refractivity contribution >= 4 is 38.8 Å². The van der Waals surface area contributed by atoms with Gasteiger partial charge in [0.25, 0.3) is 0 Å². The fraction of sp³-hybridized carbons (Fsp3) is 0.200. The molecular weight excluding hydrogens is 320 g/mol. The summed E-state index contributed by atoms with van der Waals surface area (Å²) in [5.41, 5.74) is 0.987. The van der Waals surface area contributed by atoms with Crippen molar-refractivity contribution in [3.8, 4) is 0 Å². The van der Waals surface area contributed by atoms with E-state index in [1.807, 2.05) is 12.3 Å². The summed E-state index contributed by atoms with van der Waals surface area (Å²) in [7, 11) is -3.39. The van der Waals surface area contributed by atoms with E-state index in [9.17, 15) is 13.2 Å². The van der Waals surface area contributed by atoms with Gasteiger partial charge in [-0.15, -0.1) is 11.3 Å². The van der Waals surface area contributed by atoms with Gasteiger partial charge in [0.05, 0.1) is 27.0 Å². The molecule has 0 saturated carbocycles. The number of sulfone groups is 1. The highest BCUT2D eigenvalue weighted by Crippen LogP contribution is 2.22. The summed E-state index contributed by atoms with van der Waals surface area (Å²) in [5.74, 6) is -0.419. The third-order valence-electron chi connectivity index (χ3n) is 2.90. The monoisotopic (exact) mass is 336 g/mol. The Labute approximate surface area is 133 Å². The van der Waals surface area contributed by atoms with Gasteiger partial charge in [-0.25, -0.2) is 13.4 Å². The number of anilines is 1. The summed E-state index contributed by atoms with van der Waals surface area (Å²) < 4.78 is 24.0. The van der Waals surface area contributed by atoms with Crippen molar-refractivity contribution in [1.82, 2.24) is 4.98 Å². The fourth-order valence-corrected chi connectivity index (χ4v) is 3.42. The summed E-state index contributed by atoms with van der Waals surface area (Å²) in [6.45, 7) is 3.45. The van der Waals surface area contributed by atoms with Gasteiger partial charge in [-0.2, -0.15) is 0 Å². The second-order valence-electron chi connectivity index (χ2n) is 4.51. The summed E-state index contributed by atoms with van der Waals surface area (Å²) in [6.07, 6.45) is 2.93. The molecule has 1 aromatic heterocycles. The first-order valence-corrected chi connectivity index (χ1v) is 9.18. The molecule has 2 aromatic rings. The largest absolute Gasteiger partial charge is 0.321 e. The van der Waals surface area contributed by atoms with Crippen molar-refractivity contribution in [3.63, 3.8) is 0 Å². The van der Waals surface area contributed by atoms with Crippen LogP contribution in [0.4, 0.5) is 5.69 Å². The van der Waals surface area contributed by atoms with E-state index in [2.05, 4.69) is 10.3 Å². The van der Waals surface area contributed by atoms with Crippen molar-refractivity contribution in [2.24, 2.45) is 0 Å². The highest BCUT2D eigenvalue weighted by Gasteiger charge is 2.16. The van der Waals surface area contributed by atoms with E-state index in [0.717, 1.165) is 5.01 Å². The lowest BCUT2D eigenvalue weighted by molar-refractivity contribution is -0.111. The molecule has 116 valence electrons. The molecule has 0 atom stereocenters. The lowest BCUT2D eigenvalue weighted by atomic mass is 10.3. The van der Waals surface area contributed by atoms with Crippen LogP contribution in [-0.2, 0) is 14.6 Å².